The maximum Gasteiger partial charge on any atom is 0.324 e. The second-order valence-corrected chi connectivity index (χ2v) is 5.43. The highest BCUT2D eigenvalue weighted by atomic mass is 16.4. The lowest BCUT2D eigenvalue weighted by molar-refractivity contribution is -0.152. The Labute approximate surface area is 99.3 Å². The molecule has 2 rings (SSSR count). The molecule has 2 aliphatic carbocycles. The van der Waals surface area contributed by atoms with Crippen LogP contribution in [0, 0.1) is 11.3 Å². The van der Waals surface area contributed by atoms with Gasteiger partial charge in [-0.15, -0.1) is 0 Å². The van der Waals surface area contributed by atoms with Crippen molar-refractivity contribution in [1.82, 2.24) is 0 Å². The quantitative estimate of drug-likeness (QED) is 0.637. The van der Waals surface area contributed by atoms with E-state index < -0.39 is 22.9 Å². The molecule has 1 saturated carbocycles. The van der Waals surface area contributed by atoms with Gasteiger partial charge in [0.05, 0.1) is 5.41 Å². The van der Waals surface area contributed by atoms with Crippen molar-refractivity contribution in [3.63, 3.8) is 0 Å². The zero-order chi connectivity index (χ0) is 12.8. The second-order valence-electron chi connectivity index (χ2n) is 5.43. The number of aliphatic carboxylic acids is 2. The van der Waals surface area contributed by atoms with Crippen LogP contribution < -0.4 is 5.73 Å². The molecule has 4 N–H and O–H groups in total. The standard InChI is InChI=1S/C12H17NO4/c1-7-4-11(9(14)15,8-2-3-8)6-12(13,5-7)10(16)17/h4,8H,2-3,5-6,13H2,1H3,(H,14,15)(H,16,17). The molecule has 2 aliphatic rings. The van der Waals surface area contributed by atoms with Crippen molar-refractivity contribution >= 4 is 11.9 Å². The third kappa shape index (κ3) is 1.84. The second kappa shape index (κ2) is 3.57. The Bertz CT molecular complexity index is 413. The molecule has 0 heterocycles. The van der Waals surface area contributed by atoms with Crippen molar-refractivity contribution in [3.8, 4) is 0 Å². The van der Waals surface area contributed by atoms with Gasteiger partial charge in [0.15, 0.2) is 0 Å². The summed E-state index contributed by atoms with van der Waals surface area (Å²) >= 11 is 0. The van der Waals surface area contributed by atoms with E-state index in [2.05, 4.69) is 0 Å². The molecule has 5 heteroatoms. The molecule has 5 nitrogen and oxygen atoms in total. The number of hydrogen-bond donors (Lipinski definition) is 3. The van der Waals surface area contributed by atoms with Gasteiger partial charge in [-0.1, -0.05) is 11.6 Å². The van der Waals surface area contributed by atoms with Crippen molar-refractivity contribution in [2.24, 2.45) is 17.1 Å². The molecule has 0 aromatic carbocycles. The van der Waals surface area contributed by atoms with Gasteiger partial charge in [0.2, 0.25) is 0 Å². The van der Waals surface area contributed by atoms with Crippen molar-refractivity contribution in [3.05, 3.63) is 11.6 Å². The molecular weight excluding hydrogens is 222 g/mol. The van der Waals surface area contributed by atoms with Crippen LogP contribution >= 0.6 is 0 Å². The number of carboxylic acids is 2. The van der Waals surface area contributed by atoms with Crippen LogP contribution in [-0.2, 0) is 9.59 Å². The van der Waals surface area contributed by atoms with E-state index in [0.29, 0.717) is 0 Å². The summed E-state index contributed by atoms with van der Waals surface area (Å²) in [6.45, 7) is 1.75. The molecule has 2 unspecified atom stereocenters. The van der Waals surface area contributed by atoms with Gasteiger partial charge in [0.25, 0.3) is 0 Å². The van der Waals surface area contributed by atoms with Crippen LogP contribution in [0.25, 0.3) is 0 Å². The fourth-order valence-corrected chi connectivity index (χ4v) is 2.95. The lowest BCUT2D eigenvalue weighted by Gasteiger charge is -2.39. The van der Waals surface area contributed by atoms with Crippen LogP contribution in [0.4, 0.5) is 0 Å². The van der Waals surface area contributed by atoms with E-state index in [1.54, 1.807) is 13.0 Å². The van der Waals surface area contributed by atoms with Crippen LogP contribution in [0.2, 0.25) is 0 Å². The molecule has 0 aromatic rings. The average Bonchev–Trinajstić information content (AvgIpc) is 2.98. The van der Waals surface area contributed by atoms with E-state index in [9.17, 15) is 19.8 Å². The predicted molar refractivity (Wildman–Crippen MR) is 60.3 cm³/mol. The molecule has 0 saturated heterocycles. The third-order valence-electron chi connectivity index (χ3n) is 3.84. The first-order chi connectivity index (χ1) is 7.80. The summed E-state index contributed by atoms with van der Waals surface area (Å²) in [7, 11) is 0. The van der Waals surface area contributed by atoms with Gasteiger partial charge in [-0.05, 0) is 38.5 Å². The highest BCUT2D eigenvalue weighted by Crippen LogP contribution is 2.54. The summed E-state index contributed by atoms with van der Waals surface area (Å²) in [4.78, 5) is 22.8. The summed E-state index contributed by atoms with van der Waals surface area (Å²) < 4.78 is 0. The molecule has 0 bridgehead atoms. The highest BCUT2D eigenvalue weighted by molar-refractivity contribution is 5.84. The fraction of sp³-hybridized carbons (Fsp3) is 0.667. The summed E-state index contributed by atoms with van der Waals surface area (Å²) in [6.07, 6.45) is 3.62. The van der Waals surface area contributed by atoms with E-state index in [1.165, 1.54) is 0 Å². The van der Waals surface area contributed by atoms with Gasteiger partial charge in [-0.25, -0.2) is 0 Å². The molecule has 0 spiro atoms. The predicted octanol–water partition coefficient (Wildman–Crippen LogP) is 0.990. The Kier molecular flexibility index (Phi) is 2.54. The first kappa shape index (κ1) is 12.1. The lowest BCUT2D eigenvalue weighted by atomic mass is 9.65. The van der Waals surface area contributed by atoms with E-state index >= 15 is 0 Å². The molecule has 0 aliphatic heterocycles. The first-order valence-corrected chi connectivity index (χ1v) is 5.74. The van der Waals surface area contributed by atoms with Crippen molar-refractivity contribution in [2.75, 3.05) is 0 Å². The average molecular weight is 239 g/mol. The zero-order valence-corrected chi connectivity index (χ0v) is 9.77. The van der Waals surface area contributed by atoms with Gasteiger partial charge in [-0.2, -0.15) is 0 Å². The summed E-state index contributed by atoms with van der Waals surface area (Å²) in [6, 6.07) is 0. The topological polar surface area (TPSA) is 101 Å². The molecular formula is C12H17NO4. The van der Waals surface area contributed by atoms with Crippen LogP contribution in [0.5, 0.6) is 0 Å². The summed E-state index contributed by atoms with van der Waals surface area (Å²) in [5, 5.41) is 18.6. The lowest BCUT2D eigenvalue weighted by Crippen LogP contribution is -2.55. The van der Waals surface area contributed by atoms with Crippen molar-refractivity contribution < 1.29 is 19.8 Å². The number of carbonyl (C=O) groups is 2. The molecule has 0 amide bonds. The highest BCUT2D eigenvalue weighted by Gasteiger charge is 2.57. The Morgan fingerprint density at radius 3 is 2.35 bits per heavy atom. The van der Waals surface area contributed by atoms with Gasteiger partial charge < -0.3 is 15.9 Å². The Morgan fingerprint density at radius 2 is 1.94 bits per heavy atom. The third-order valence-corrected chi connectivity index (χ3v) is 3.84. The fourth-order valence-electron chi connectivity index (χ4n) is 2.95. The number of hydrogen-bond acceptors (Lipinski definition) is 3. The molecule has 94 valence electrons. The van der Waals surface area contributed by atoms with Crippen LogP contribution in [0.15, 0.2) is 11.6 Å². The van der Waals surface area contributed by atoms with Crippen molar-refractivity contribution in [1.29, 1.82) is 0 Å². The monoisotopic (exact) mass is 239 g/mol. The minimum atomic E-state index is -1.44. The molecule has 0 radical (unpaired) electrons. The molecule has 1 fully saturated rings. The van der Waals surface area contributed by atoms with Crippen LogP contribution in [0.1, 0.15) is 32.6 Å². The minimum Gasteiger partial charge on any atom is -0.481 e. The maximum absolute atomic E-state index is 11.5. The Morgan fingerprint density at radius 1 is 1.35 bits per heavy atom. The number of nitrogens with two attached hydrogens (primary N) is 1. The first-order valence-electron chi connectivity index (χ1n) is 5.74. The normalized spacial score (nSPS) is 37.4. The van der Waals surface area contributed by atoms with Gasteiger partial charge in [0.1, 0.15) is 5.54 Å². The molecule has 0 aromatic heterocycles. The molecule has 17 heavy (non-hydrogen) atoms. The Balaban J connectivity index is 2.44. The zero-order valence-electron chi connectivity index (χ0n) is 9.77. The Hall–Kier alpha value is -1.36. The SMILES string of the molecule is CC1=CC(C(=O)O)(C2CC2)CC(N)(C(=O)O)C1. The van der Waals surface area contributed by atoms with Gasteiger partial charge in [-0.3, -0.25) is 9.59 Å². The van der Waals surface area contributed by atoms with Crippen LogP contribution in [-0.4, -0.2) is 27.7 Å². The number of rotatable bonds is 3. The smallest absolute Gasteiger partial charge is 0.324 e. The van der Waals surface area contributed by atoms with Gasteiger partial charge >= 0.3 is 11.9 Å². The maximum atomic E-state index is 11.5. The largest absolute Gasteiger partial charge is 0.481 e. The van der Waals surface area contributed by atoms with Crippen LogP contribution in [0.3, 0.4) is 0 Å². The van der Waals surface area contributed by atoms with E-state index in [4.69, 9.17) is 5.73 Å². The number of carboxylic acid groups (broad SMARTS) is 2. The van der Waals surface area contributed by atoms with E-state index in [1.807, 2.05) is 0 Å². The summed E-state index contributed by atoms with van der Waals surface area (Å²) in [5.41, 5.74) is 4.11. The van der Waals surface area contributed by atoms with Crippen molar-refractivity contribution in [2.45, 2.75) is 38.1 Å². The summed E-state index contributed by atoms with van der Waals surface area (Å²) in [5.74, 6) is -2.02. The molecule has 2 atom stereocenters. The minimum absolute atomic E-state index is 0.00727. The van der Waals surface area contributed by atoms with Gasteiger partial charge in [0, 0.05) is 0 Å². The van der Waals surface area contributed by atoms with E-state index in [0.717, 1.165) is 18.4 Å². The van der Waals surface area contributed by atoms with E-state index in [-0.39, 0.29) is 18.8 Å².